The molecule has 3 rings (SSSR count). The Morgan fingerprint density at radius 3 is 2.23 bits per heavy atom. The lowest BCUT2D eigenvalue weighted by molar-refractivity contribution is -0.143. The number of rotatable bonds is 2. The molecule has 1 fully saturated rings. The van der Waals surface area contributed by atoms with Crippen LogP contribution in [0.5, 0.6) is 0 Å². The molecule has 1 amide bonds. The Hall–Kier alpha value is -2.52. The second-order valence-electron chi connectivity index (χ2n) is 5.86. The summed E-state index contributed by atoms with van der Waals surface area (Å²) in [5.41, 5.74) is -3.58. The molecule has 1 saturated heterocycles. The molecular formula is C16H13F6N3O. The summed E-state index contributed by atoms with van der Waals surface area (Å²) in [5, 5.41) is 3.55. The van der Waals surface area contributed by atoms with Gasteiger partial charge in [0.1, 0.15) is 0 Å². The van der Waals surface area contributed by atoms with Gasteiger partial charge in [-0.05, 0) is 31.0 Å². The normalized spacial score (nSPS) is 15.5. The van der Waals surface area contributed by atoms with Crippen LogP contribution >= 0.6 is 0 Å². The fourth-order valence-electron chi connectivity index (χ4n) is 2.88. The van der Waals surface area contributed by atoms with Crippen LogP contribution in [0.3, 0.4) is 0 Å². The number of aromatic nitrogens is 2. The largest absolute Gasteiger partial charge is 0.434 e. The number of nitrogens with zero attached hydrogens (tertiary/aromatic N) is 3. The van der Waals surface area contributed by atoms with Crippen molar-refractivity contribution >= 4 is 5.91 Å². The summed E-state index contributed by atoms with van der Waals surface area (Å²) in [7, 11) is 0. The topological polar surface area (TPSA) is 38.1 Å². The predicted octanol–water partition coefficient (Wildman–Crippen LogP) is 4.15. The van der Waals surface area contributed by atoms with Crippen LogP contribution in [0.4, 0.5) is 26.3 Å². The van der Waals surface area contributed by atoms with Gasteiger partial charge in [-0.2, -0.15) is 31.4 Å². The molecule has 0 saturated carbocycles. The Morgan fingerprint density at radius 1 is 1.00 bits per heavy atom. The highest BCUT2D eigenvalue weighted by Crippen LogP contribution is 2.36. The van der Waals surface area contributed by atoms with Gasteiger partial charge in [0.25, 0.3) is 5.91 Å². The predicted molar refractivity (Wildman–Crippen MR) is 78.7 cm³/mol. The third-order valence-electron chi connectivity index (χ3n) is 4.08. The number of carbonyl (C=O) groups is 1. The molecule has 1 aliphatic heterocycles. The molecule has 0 unspecified atom stereocenters. The molecule has 2 heterocycles. The van der Waals surface area contributed by atoms with Crippen molar-refractivity contribution in [3.05, 3.63) is 47.3 Å². The zero-order chi connectivity index (χ0) is 19.1. The highest BCUT2D eigenvalue weighted by molar-refractivity contribution is 5.95. The van der Waals surface area contributed by atoms with E-state index in [0.29, 0.717) is 36.7 Å². The first-order chi connectivity index (χ1) is 12.1. The van der Waals surface area contributed by atoms with Gasteiger partial charge in [-0.15, -0.1) is 0 Å². The van der Waals surface area contributed by atoms with Crippen LogP contribution in [0.15, 0.2) is 30.5 Å². The quantitative estimate of drug-likeness (QED) is 0.738. The molecule has 1 aromatic heterocycles. The molecular weight excluding hydrogens is 364 g/mol. The van der Waals surface area contributed by atoms with Gasteiger partial charge in [0.05, 0.1) is 23.0 Å². The van der Waals surface area contributed by atoms with Gasteiger partial charge in [-0.25, -0.2) is 4.68 Å². The Balaban J connectivity index is 2.10. The summed E-state index contributed by atoms with van der Waals surface area (Å²) in [4.78, 5) is 13.7. The molecule has 0 atom stereocenters. The minimum absolute atomic E-state index is 0.332. The van der Waals surface area contributed by atoms with Crippen LogP contribution in [0.1, 0.15) is 34.5 Å². The van der Waals surface area contributed by atoms with E-state index >= 15 is 0 Å². The highest BCUT2D eigenvalue weighted by atomic mass is 19.4. The van der Waals surface area contributed by atoms with Crippen molar-refractivity contribution in [2.45, 2.75) is 25.2 Å². The molecule has 10 heteroatoms. The average Bonchev–Trinajstić information content (AvgIpc) is 3.22. The van der Waals surface area contributed by atoms with Gasteiger partial charge in [-0.1, -0.05) is 6.07 Å². The number of amides is 1. The Labute approximate surface area is 144 Å². The van der Waals surface area contributed by atoms with Gasteiger partial charge in [-0.3, -0.25) is 4.79 Å². The van der Waals surface area contributed by atoms with E-state index in [0.717, 1.165) is 24.4 Å². The Bertz CT molecular complexity index is 818. The lowest BCUT2D eigenvalue weighted by Gasteiger charge is -2.17. The minimum Gasteiger partial charge on any atom is -0.339 e. The first kappa shape index (κ1) is 18.3. The summed E-state index contributed by atoms with van der Waals surface area (Å²) in [6, 6.07) is 3.37. The van der Waals surface area contributed by atoms with Gasteiger partial charge >= 0.3 is 12.4 Å². The molecule has 2 aromatic rings. The fraction of sp³-hybridized carbons (Fsp3) is 0.375. The van der Waals surface area contributed by atoms with E-state index in [9.17, 15) is 31.1 Å². The monoisotopic (exact) mass is 377 g/mol. The van der Waals surface area contributed by atoms with E-state index in [1.807, 2.05) is 0 Å². The first-order valence-electron chi connectivity index (χ1n) is 7.71. The molecule has 1 aromatic carbocycles. The van der Waals surface area contributed by atoms with Gasteiger partial charge in [0, 0.05) is 13.1 Å². The summed E-state index contributed by atoms with van der Waals surface area (Å²) >= 11 is 0. The number of hydrogen-bond donors (Lipinski definition) is 0. The van der Waals surface area contributed by atoms with Gasteiger partial charge < -0.3 is 4.90 Å². The maximum atomic E-state index is 13.6. The highest BCUT2D eigenvalue weighted by Gasteiger charge is 2.42. The standard InChI is InChI=1S/C16H13F6N3O/c17-15(18,19)10-4-3-5-11(8-10)25-13(16(20,21)22)12(9-23-25)14(26)24-6-1-2-7-24/h3-5,8-9H,1-2,6-7H2. The Morgan fingerprint density at radius 2 is 1.65 bits per heavy atom. The number of carbonyl (C=O) groups excluding carboxylic acids is 1. The van der Waals surface area contributed by atoms with Crippen LogP contribution in [-0.2, 0) is 12.4 Å². The molecule has 0 radical (unpaired) electrons. The van der Waals surface area contributed by atoms with Crippen LogP contribution in [0.2, 0.25) is 0 Å². The van der Waals surface area contributed by atoms with Crippen LogP contribution in [0, 0.1) is 0 Å². The van der Waals surface area contributed by atoms with E-state index in [2.05, 4.69) is 5.10 Å². The smallest absolute Gasteiger partial charge is 0.339 e. The summed E-state index contributed by atoms with van der Waals surface area (Å²) in [6.07, 6.45) is -7.54. The Kier molecular flexibility index (Phi) is 4.45. The van der Waals surface area contributed by atoms with Crippen molar-refractivity contribution in [3.8, 4) is 5.69 Å². The molecule has 1 aliphatic rings. The third-order valence-corrected chi connectivity index (χ3v) is 4.08. The molecule has 140 valence electrons. The molecule has 4 nitrogen and oxygen atoms in total. The number of benzene rings is 1. The number of halogens is 6. The van der Waals surface area contributed by atoms with Crippen molar-refractivity contribution in [2.75, 3.05) is 13.1 Å². The van der Waals surface area contributed by atoms with E-state index in [-0.39, 0.29) is 0 Å². The fourth-order valence-corrected chi connectivity index (χ4v) is 2.88. The van der Waals surface area contributed by atoms with E-state index in [4.69, 9.17) is 0 Å². The third kappa shape index (κ3) is 3.40. The number of alkyl halides is 6. The van der Waals surface area contributed by atoms with Gasteiger partial charge in [0.2, 0.25) is 0 Å². The summed E-state index contributed by atoms with van der Waals surface area (Å²) in [5.74, 6) is -0.826. The second-order valence-corrected chi connectivity index (χ2v) is 5.86. The van der Waals surface area contributed by atoms with Crippen LogP contribution < -0.4 is 0 Å². The van der Waals surface area contributed by atoms with Crippen molar-refractivity contribution in [2.24, 2.45) is 0 Å². The molecule has 0 N–H and O–H groups in total. The zero-order valence-corrected chi connectivity index (χ0v) is 13.2. The van der Waals surface area contributed by atoms with Gasteiger partial charge in [0.15, 0.2) is 5.69 Å². The molecule has 0 bridgehead atoms. The zero-order valence-electron chi connectivity index (χ0n) is 13.2. The first-order valence-corrected chi connectivity index (χ1v) is 7.71. The van der Waals surface area contributed by atoms with Crippen LogP contribution in [-0.4, -0.2) is 33.7 Å². The van der Waals surface area contributed by atoms with Crippen molar-refractivity contribution < 1.29 is 31.1 Å². The van der Waals surface area contributed by atoms with E-state index in [1.54, 1.807) is 0 Å². The maximum absolute atomic E-state index is 13.6. The number of likely N-dealkylation sites (tertiary alicyclic amines) is 1. The van der Waals surface area contributed by atoms with E-state index < -0.39 is 40.8 Å². The van der Waals surface area contributed by atoms with Crippen molar-refractivity contribution in [1.29, 1.82) is 0 Å². The molecule has 26 heavy (non-hydrogen) atoms. The number of hydrogen-bond acceptors (Lipinski definition) is 2. The van der Waals surface area contributed by atoms with E-state index in [1.165, 1.54) is 4.90 Å². The SMILES string of the molecule is O=C(c1cnn(-c2cccc(C(F)(F)F)c2)c1C(F)(F)F)N1CCCC1. The maximum Gasteiger partial charge on any atom is 0.434 e. The molecule has 0 aliphatic carbocycles. The molecule has 0 spiro atoms. The minimum atomic E-state index is -4.96. The lowest BCUT2D eigenvalue weighted by Crippen LogP contribution is -2.29. The van der Waals surface area contributed by atoms with Crippen molar-refractivity contribution in [1.82, 2.24) is 14.7 Å². The summed E-state index contributed by atoms with van der Waals surface area (Å²) < 4.78 is 79.5. The van der Waals surface area contributed by atoms with Crippen LogP contribution in [0.25, 0.3) is 5.69 Å². The lowest BCUT2D eigenvalue weighted by atomic mass is 10.1. The summed E-state index contributed by atoms with van der Waals surface area (Å²) in [6.45, 7) is 0.676. The second kappa shape index (κ2) is 6.33. The van der Waals surface area contributed by atoms with Crippen molar-refractivity contribution in [3.63, 3.8) is 0 Å². The average molecular weight is 377 g/mol.